The largest absolute Gasteiger partial charge is 0.480 e. The van der Waals surface area contributed by atoms with Crippen LogP contribution in [0.1, 0.15) is 12.5 Å². The smallest absolute Gasteiger partial charge is 0.324 e. The molecular weight excluding hydrogens is 336 g/mol. The average Bonchev–Trinajstić information content (AvgIpc) is 2.98. The molecular formula is C15H18N2O6S. The summed E-state index contributed by atoms with van der Waals surface area (Å²) < 4.78 is 31.7. The van der Waals surface area contributed by atoms with Crippen molar-refractivity contribution in [1.82, 2.24) is 4.31 Å². The van der Waals surface area contributed by atoms with Gasteiger partial charge in [-0.15, -0.1) is 0 Å². The minimum Gasteiger partial charge on any atom is -0.480 e. The van der Waals surface area contributed by atoms with E-state index in [9.17, 15) is 23.1 Å². The van der Waals surface area contributed by atoms with Gasteiger partial charge in [0.05, 0.1) is 18.1 Å². The molecule has 3 rings (SSSR count). The molecule has 130 valence electrons. The van der Waals surface area contributed by atoms with Crippen LogP contribution in [0.2, 0.25) is 0 Å². The molecule has 1 fully saturated rings. The van der Waals surface area contributed by atoms with E-state index in [4.69, 9.17) is 4.74 Å². The number of fused-ring (bicyclic) bond motifs is 1. The summed E-state index contributed by atoms with van der Waals surface area (Å²) in [5.74, 6) is -1.33. The summed E-state index contributed by atoms with van der Waals surface area (Å²) in [4.78, 5) is 24.5. The number of hydrogen-bond donors (Lipinski definition) is 1. The number of carboxylic acid groups (broad SMARTS) is 1. The van der Waals surface area contributed by atoms with E-state index in [2.05, 4.69) is 0 Å². The molecule has 24 heavy (non-hydrogen) atoms. The van der Waals surface area contributed by atoms with Gasteiger partial charge in [0.25, 0.3) is 0 Å². The highest BCUT2D eigenvalue weighted by Crippen LogP contribution is 2.31. The third kappa shape index (κ3) is 2.79. The van der Waals surface area contributed by atoms with Gasteiger partial charge in [0.1, 0.15) is 6.04 Å². The normalized spacial score (nSPS) is 21.5. The second kappa shape index (κ2) is 6.15. The number of morpholine rings is 1. The van der Waals surface area contributed by atoms with Crippen LogP contribution in [0.4, 0.5) is 5.69 Å². The Morgan fingerprint density at radius 2 is 2.04 bits per heavy atom. The fraction of sp³-hybridized carbons (Fsp3) is 0.467. The maximum atomic E-state index is 12.8. The van der Waals surface area contributed by atoms with Crippen LogP contribution in [0.3, 0.4) is 0 Å². The molecule has 0 aliphatic carbocycles. The van der Waals surface area contributed by atoms with E-state index in [0.29, 0.717) is 18.7 Å². The topological polar surface area (TPSA) is 104 Å². The molecule has 1 amide bonds. The van der Waals surface area contributed by atoms with Crippen LogP contribution in [0.25, 0.3) is 0 Å². The number of benzene rings is 1. The standard InChI is InChI=1S/C15H18N2O6S/c1-10(18)16-5-4-11-8-12(2-3-13(11)16)24(21,22)17-6-7-23-9-14(17)15(19)20/h2-3,8,14H,4-7,9H2,1H3,(H,19,20). The number of carboxylic acids is 1. The first-order valence-electron chi connectivity index (χ1n) is 7.56. The molecule has 8 nitrogen and oxygen atoms in total. The summed E-state index contributed by atoms with van der Waals surface area (Å²) in [6, 6.07) is 3.32. The molecule has 1 saturated heterocycles. The Balaban J connectivity index is 1.96. The first-order chi connectivity index (χ1) is 11.3. The van der Waals surface area contributed by atoms with E-state index in [1.165, 1.54) is 19.1 Å². The first-order valence-corrected chi connectivity index (χ1v) is 9.00. The van der Waals surface area contributed by atoms with Crippen molar-refractivity contribution in [3.05, 3.63) is 23.8 Å². The van der Waals surface area contributed by atoms with Gasteiger partial charge in [-0.2, -0.15) is 4.31 Å². The van der Waals surface area contributed by atoms with Crippen LogP contribution in [-0.4, -0.2) is 62.1 Å². The zero-order valence-electron chi connectivity index (χ0n) is 13.1. The number of hydrogen-bond acceptors (Lipinski definition) is 5. The highest BCUT2D eigenvalue weighted by atomic mass is 32.2. The predicted molar refractivity (Wildman–Crippen MR) is 84.3 cm³/mol. The molecule has 9 heteroatoms. The van der Waals surface area contributed by atoms with E-state index in [1.54, 1.807) is 11.0 Å². The van der Waals surface area contributed by atoms with Crippen molar-refractivity contribution in [3.8, 4) is 0 Å². The lowest BCUT2D eigenvalue weighted by Gasteiger charge is -2.31. The number of anilines is 1. The Kier molecular flexibility index (Phi) is 4.33. The lowest BCUT2D eigenvalue weighted by Crippen LogP contribution is -2.52. The van der Waals surface area contributed by atoms with Crippen molar-refractivity contribution in [1.29, 1.82) is 0 Å². The molecule has 1 unspecified atom stereocenters. The Labute approximate surface area is 139 Å². The number of nitrogens with zero attached hydrogens (tertiary/aromatic N) is 2. The van der Waals surface area contributed by atoms with Crippen molar-refractivity contribution < 1.29 is 27.9 Å². The van der Waals surface area contributed by atoms with Gasteiger partial charge in [0, 0.05) is 25.7 Å². The van der Waals surface area contributed by atoms with Gasteiger partial charge in [-0.05, 0) is 30.2 Å². The number of aliphatic carboxylic acids is 1. The summed E-state index contributed by atoms with van der Waals surface area (Å²) in [7, 11) is -3.95. The summed E-state index contributed by atoms with van der Waals surface area (Å²) >= 11 is 0. The molecule has 2 aliphatic heterocycles. The van der Waals surface area contributed by atoms with Gasteiger partial charge in [0.15, 0.2) is 0 Å². The molecule has 0 aromatic heterocycles. The van der Waals surface area contributed by atoms with E-state index >= 15 is 0 Å². The average molecular weight is 354 g/mol. The summed E-state index contributed by atoms with van der Waals surface area (Å²) in [6.45, 7) is 1.97. The zero-order chi connectivity index (χ0) is 17.5. The third-order valence-electron chi connectivity index (χ3n) is 4.30. The lowest BCUT2D eigenvalue weighted by atomic mass is 10.2. The van der Waals surface area contributed by atoms with E-state index < -0.39 is 22.0 Å². The van der Waals surface area contributed by atoms with Gasteiger partial charge in [-0.3, -0.25) is 9.59 Å². The number of ether oxygens (including phenoxy) is 1. The Hall–Kier alpha value is -1.97. The summed E-state index contributed by atoms with van der Waals surface area (Å²) in [5.41, 5.74) is 1.48. The van der Waals surface area contributed by atoms with Crippen LogP contribution >= 0.6 is 0 Å². The molecule has 0 saturated carbocycles. The van der Waals surface area contributed by atoms with Gasteiger partial charge in [-0.1, -0.05) is 0 Å². The fourth-order valence-electron chi connectivity index (χ4n) is 3.07. The van der Waals surface area contributed by atoms with E-state index in [-0.39, 0.29) is 30.6 Å². The predicted octanol–water partition coefficient (Wildman–Crippen LogP) is 0.0697. The second-order valence-electron chi connectivity index (χ2n) is 5.76. The molecule has 2 heterocycles. The summed E-state index contributed by atoms with van der Waals surface area (Å²) in [5, 5.41) is 9.24. The quantitative estimate of drug-likeness (QED) is 0.824. The fourth-order valence-corrected chi connectivity index (χ4v) is 4.67. The Morgan fingerprint density at radius 3 is 2.71 bits per heavy atom. The molecule has 2 aliphatic rings. The monoisotopic (exact) mass is 354 g/mol. The minimum atomic E-state index is -3.95. The van der Waals surface area contributed by atoms with E-state index in [0.717, 1.165) is 9.87 Å². The van der Waals surface area contributed by atoms with Crippen LogP contribution in [-0.2, 0) is 30.8 Å². The highest BCUT2D eigenvalue weighted by molar-refractivity contribution is 7.89. The molecule has 0 radical (unpaired) electrons. The van der Waals surface area contributed by atoms with Gasteiger partial charge in [-0.25, -0.2) is 8.42 Å². The van der Waals surface area contributed by atoms with Gasteiger partial charge in [0.2, 0.25) is 15.9 Å². The van der Waals surface area contributed by atoms with Crippen LogP contribution in [0, 0.1) is 0 Å². The maximum absolute atomic E-state index is 12.8. The number of amides is 1. The maximum Gasteiger partial charge on any atom is 0.324 e. The SMILES string of the molecule is CC(=O)N1CCc2cc(S(=O)(=O)N3CCOCC3C(=O)O)ccc21. The Morgan fingerprint density at radius 1 is 1.29 bits per heavy atom. The highest BCUT2D eigenvalue weighted by Gasteiger charge is 2.39. The molecule has 1 aromatic carbocycles. The van der Waals surface area contributed by atoms with Gasteiger partial charge >= 0.3 is 5.97 Å². The van der Waals surface area contributed by atoms with Gasteiger partial charge < -0.3 is 14.7 Å². The van der Waals surface area contributed by atoms with Crippen LogP contribution in [0.5, 0.6) is 0 Å². The van der Waals surface area contributed by atoms with Crippen molar-refractivity contribution >= 4 is 27.6 Å². The van der Waals surface area contributed by atoms with Crippen LogP contribution < -0.4 is 4.90 Å². The lowest BCUT2D eigenvalue weighted by molar-refractivity contribution is -0.146. The molecule has 1 atom stereocenters. The van der Waals surface area contributed by atoms with Crippen molar-refractivity contribution in [2.45, 2.75) is 24.3 Å². The number of rotatable bonds is 3. The molecule has 1 N–H and O–H groups in total. The van der Waals surface area contributed by atoms with Crippen molar-refractivity contribution in [2.24, 2.45) is 0 Å². The molecule has 0 bridgehead atoms. The minimum absolute atomic E-state index is 0.00401. The second-order valence-corrected chi connectivity index (χ2v) is 7.65. The van der Waals surface area contributed by atoms with E-state index in [1.807, 2.05) is 0 Å². The van der Waals surface area contributed by atoms with Crippen molar-refractivity contribution in [3.63, 3.8) is 0 Å². The number of carbonyl (C=O) groups excluding carboxylic acids is 1. The molecule has 0 spiro atoms. The Bertz CT molecular complexity index is 791. The first kappa shape index (κ1) is 16.9. The summed E-state index contributed by atoms with van der Waals surface area (Å²) in [6.07, 6.45) is 0.573. The number of sulfonamides is 1. The van der Waals surface area contributed by atoms with Crippen LogP contribution in [0.15, 0.2) is 23.1 Å². The number of carbonyl (C=O) groups is 2. The third-order valence-corrected chi connectivity index (χ3v) is 6.20. The molecule has 1 aromatic rings. The van der Waals surface area contributed by atoms with Crippen molar-refractivity contribution in [2.75, 3.05) is 31.2 Å². The zero-order valence-corrected chi connectivity index (χ0v) is 14.0.